The predicted octanol–water partition coefficient (Wildman–Crippen LogP) is 1.34. The standard InChI is InChI=1S/C20H25N3O4/c24-19-17(22-15-6-8-25-9-7-15)16-12-26-20(27-16)18(19)23-11-14(10-21-23)13-4-2-1-3-5-13/h1-5,10-11,15-20,22,24H,6-9,12H2/t16-,17-,18-,19+,20-/m1/s1. The van der Waals surface area contributed by atoms with Gasteiger partial charge in [-0.05, 0) is 18.4 Å². The average molecular weight is 371 g/mol. The van der Waals surface area contributed by atoms with E-state index >= 15 is 0 Å². The highest BCUT2D eigenvalue weighted by molar-refractivity contribution is 5.61. The first kappa shape index (κ1) is 17.3. The first-order valence-electron chi connectivity index (χ1n) is 9.68. The van der Waals surface area contributed by atoms with Crippen molar-refractivity contribution in [1.82, 2.24) is 15.1 Å². The van der Waals surface area contributed by atoms with Gasteiger partial charge in [-0.1, -0.05) is 30.3 Å². The van der Waals surface area contributed by atoms with E-state index in [0.717, 1.165) is 37.2 Å². The number of aromatic nitrogens is 2. The highest BCUT2D eigenvalue weighted by Crippen LogP contribution is 2.36. The average Bonchev–Trinajstić information content (AvgIpc) is 3.36. The van der Waals surface area contributed by atoms with Crippen molar-refractivity contribution in [1.29, 1.82) is 0 Å². The molecular weight excluding hydrogens is 346 g/mol. The Hall–Kier alpha value is -1.77. The van der Waals surface area contributed by atoms with Gasteiger partial charge in [-0.3, -0.25) is 4.68 Å². The lowest BCUT2D eigenvalue weighted by Crippen LogP contribution is -2.60. The van der Waals surface area contributed by atoms with Crippen LogP contribution in [-0.2, 0) is 14.2 Å². The summed E-state index contributed by atoms with van der Waals surface area (Å²) in [5.74, 6) is 0. The Morgan fingerprint density at radius 1 is 1.11 bits per heavy atom. The molecule has 5 rings (SSSR count). The maximum Gasteiger partial charge on any atom is 0.183 e. The van der Waals surface area contributed by atoms with Crippen LogP contribution in [0.2, 0.25) is 0 Å². The smallest absolute Gasteiger partial charge is 0.183 e. The molecule has 3 fully saturated rings. The maximum atomic E-state index is 11.2. The molecule has 144 valence electrons. The van der Waals surface area contributed by atoms with Crippen molar-refractivity contribution in [2.24, 2.45) is 0 Å². The molecule has 2 aromatic rings. The highest BCUT2D eigenvalue weighted by Gasteiger charge is 2.51. The minimum absolute atomic E-state index is 0.131. The number of nitrogens with zero attached hydrogens (tertiary/aromatic N) is 2. The second kappa shape index (κ2) is 7.33. The van der Waals surface area contributed by atoms with Gasteiger partial charge in [0.15, 0.2) is 6.29 Å². The summed E-state index contributed by atoms with van der Waals surface area (Å²) in [4.78, 5) is 0. The maximum absolute atomic E-state index is 11.2. The Balaban J connectivity index is 1.38. The first-order valence-corrected chi connectivity index (χ1v) is 9.68. The fourth-order valence-electron chi connectivity index (χ4n) is 4.31. The molecule has 4 heterocycles. The second-order valence-electron chi connectivity index (χ2n) is 7.51. The third kappa shape index (κ3) is 3.30. The van der Waals surface area contributed by atoms with Crippen LogP contribution < -0.4 is 5.32 Å². The number of hydrogen-bond donors (Lipinski definition) is 2. The third-order valence-electron chi connectivity index (χ3n) is 5.79. The van der Waals surface area contributed by atoms with Gasteiger partial charge in [-0.2, -0.15) is 5.10 Å². The Bertz CT molecular complexity index is 762. The SMILES string of the molecule is O[C@H]1[C@H](NC2CCOCC2)[C@H]2CO[C@H](O2)[C@@H]1n1cc(-c2ccccc2)cn1. The second-order valence-corrected chi connectivity index (χ2v) is 7.51. The lowest BCUT2D eigenvalue weighted by molar-refractivity contribution is -0.169. The summed E-state index contributed by atoms with van der Waals surface area (Å²) < 4.78 is 19.1. The Kier molecular flexibility index (Phi) is 4.71. The van der Waals surface area contributed by atoms with E-state index in [1.165, 1.54) is 0 Å². The summed E-state index contributed by atoms with van der Waals surface area (Å²) in [6.45, 7) is 2.01. The highest BCUT2D eigenvalue weighted by atomic mass is 16.7. The van der Waals surface area contributed by atoms with Gasteiger partial charge in [0.05, 0.1) is 24.9 Å². The molecule has 1 aromatic carbocycles. The van der Waals surface area contributed by atoms with Gasteiger partial charge >= 0.3 is 0 Å². The molecule has 1 aromatic heterocycles. The van der Waals surface area contributed by atoms with E-state index in [0.29, 0.717) is 12.6 Å². The van der Waals surface area contributed by atoms with Crippen LogP contribution in [0.4, 0.5) is 0 Å². The number of benzene rings is 1. The Labute approximate surface area is 158 Å². The first-order chi connectivity index (χ1) is 13.3. The molecule has 0 unspecified atom stereocenters. The van der Waals surface area contributed by atoms with Crippen molar-refractivity contribution in [3.05, 3.63) is 42.7 Å². The van der Waals surface area contributed by atoms with Crippen molar-refractivity contribution < 1.29 is 19.3 Å². The van der Waals surface area contributed by atoms with E-state index in [2.05, 4.69) is 10.4 Å². The topological polar surface area (TPSA) is 77.8 Å². The van der Waals surface area contributed by atoms with Gasteiger partial charge in [-0.25, -0.2) is 0 Å². The fourth-order valence-corrected chi connectivity index (χ4v) is 4.31. The lowest BCUT2D eigenvalue weighted by atomic mass is 9.94. The molecule has 7 heteroatoms. The van der Waals surface area contributed by atoms with Crippen molar-refractivity contribution in [2.45, 2.75) is 49.5 Å². The minimum atomic E-state index is -0.636. The number of fused-ring (bicyclic) bond motifs is 2. The van der Waals surface area contributed by atoms with Crippen LogP contribution in [0.5, 0.6) is 0 Å². The fraction of sp³-hybridized carbons (Fsp3) is 0.550. The van der Waals surface area contributed by atoms with Gasteiger partial charge in [-0.15, -0.1) is 0 Å². The molecule has 3 aliphatic rings. The molecule has 0 aliphatic carbocycles. The van der Waals surface area contributed by atoms with Crippen LogP contribution in [0.3, 0.4) is 0 Å². The van der Waals surface area contributed by atoms with Crippen LogP contribution in [-0.4, -0.2) is 65.3 Å². The number of nitrogens with one attached hydrogen (secondary N) is 1. The zero-order valence-corrected chi connectivity index (χ0v) is 15.1. The molecule has 5 atom stereocenters. The van der Waals surface area contributed by atoms with Crippen molar-refractivity contribution in [3.63, 3.8) is 0 Å². The van der Waals surface area contributed by atoms with Crippen LogP contribution in [0.15, 0.2) is 42.7 Å². The molecule has 27 heavy (non-hydrogen) atoms. The molecule has 2 bridgehead atoms. The monoisotopic (exact) mass is 371 g/mol. The van der Waals surface area contributed by atoms with Crippen LogP contribution in [0.1, 0.15) is 18.9 Å². The van der Waals surface area contributed by atoms with Gasteiger partial charge < -0.3 is 24.6 Å². The van der Waals surface area contributed by atoms with Gasteiger partial charge in [0.25, 0.3) is 0 Å². The zero-order valence-electron chi connectivity index (χ0n) is 15.1. The minimum Gasteiger partial charge on any atom is -0.389 e. The number of aliphatic hydroxyl groups excluding tert-OH is 1. The Morgan fingerprint density at radius 3 is 2.74 bits per heavy atom. The van der Waals surface area contributed by atoms with Crippen molar-refractivity contribution in [3.8, 4) is 11.1 Å². The predicted molar refractivity (Wildman–Crippen MR) is 98.1 cm³/mol. The molecule has 7 nitrogen and oxygen atoms in total. The van der Waals surface area contributed by atoms with Gasteiger partial charge in [0.1, 0.15) is 12.1 Å². The molecule has 0 amide bonds. The van der Waals surface area contributed by atoms with Crippen LogP contribution in [0, 0.1) is 0 Å². The normalized spacial score (nSPS) is 34.0. The van der Waals surface area contributed by atoms with E-state index in [1.54, 1.807) is 4.68 Å². The summed E-state index contributed by atoms with van der Waals surface area (Å²) in [6.07, 6.45) is 4.44. The summed E-state index contributed by atoms with van der Waals surface area (Å²) in [5, 5.41) is 19.3. The van der Waals surface area contributed by atoms with E-state index < -0.39 is 12.4 Å². The molecule has 2 N–H and O–H groups in total. The zero-order chi connectivity index (χ0) is 18.2. The van der Waals surface area contributed by atoms with Crippen molar-refractivity contribution in [2.75, 3.05) is 19.8 Å². The number of aliphatic hydroxyl groups is 1. The molecule has 3 saturated heterocycles. The van der Waals surface area contributed by atoms with E-state index in [4.69, 9.17) is 14.2 Å². The lowest BCUT2D eigenvalue weighted by Gasteiger charge is -2.40. The number of rotatable bonds is 4. The summed E-state index contributed by atoms with van der Waals surface area (Å²) in [7, 11) is 0. The molecule has 0 spiro atoms. The summed E-state index contributed by atoms with van der Waals surface area (Å²) >= 11 is 0. The molecular formula is C20H25N3O4. The van der Waals surface area contributed by atoms with Crippen LogP contribution >= 0.6 is 0 Å². The van der Waals surface area contributed by atoms with E-state index in [9.17, 15) is 5.11 Å². The van der Waals surface area contributed by atoms with Gasteiger partial charge in [0.2, 0.25) is 0 Å². The van der Waals surface area contributed by atoms with Crippen molar-refractivity contribution >= 4 is 0 Å². The number of hydrogen-bond acceptors (Lipinski definition) is 6. The van der Waals surface area contributed by atoms with Crippen LogP contribution in [0.25, 0.3) is 11.1 Å². The Morgan fingerprint density at radius 2 is 1.93 bits per heavy atom. The summed E-state index contributed by atoms with van der Waals surface area (Å²) in [6, 6.07) is 9.87. The number of ether oxygens (including phenoxy) is 3. The quantitative estimate of drug-likeness (QED) is 0.845. The third-order valence-corrected chi connectivity index (χ3v) is 5.79. The molecule has 3 aliphatic heterocycles. The van der Waals surface area contributed by atoms with E-state index in [1.807, 2.05) is 42.7 Å². The van der Waals surface area contributed by atoms with E-state index in [-0.39, 0.29) is 18.2 Å². The largest absolute Gasteiger partial charge is 0.389 e. The van der Waals surface area contributed by atoms with Gasteiger partial charge in [0, 0.05) is 31.0 Å². The molecule has 0 radical (unpaired) electrons. The summed E-state index contributed by atoms with van der Waals surface area (Å²) in [5.41, 5.74) is 2.11. The molecule has 0 saturated carbocycles.